The summed E-state index contributed by atoms with van der Waals surface area (Å²) in [5, 5.41) is 18.2. The minimum atomic E-state index is -0.344. The van der Waals surface area contributed by atoms with Gasteiger partial charge in [0.1, 0.15) is 11.5 Å². The Morgan fingerprint density at radius 3 is 2.74 bits per heavy atom. The van der Waals surface area contributed by atoms with E-state index >= 15 is 0 Å². The van der Waals surface area contributed by atoms with Gasteiger partial charge in [-0.15, -0.1) is 0 Å². The van der Waals surface area contributed by atoms with E-state index in [-0.39, 0.29) is 12.0 Å². The molecule has 0 radical (unpaired) electrons. The van der Waals surface area contributed by atoms with Gasteiger partial charge in [0.25, 0.3) is 5.91 Å². The van der Waals surface area contributed by atoms with E-state index in [9.17, 15) is 9.90 Å². The molecule has 0 bridgehead atoms. The quantitative estimate of drug-likeness (QED) is 0.666. The third kappa shape index (κ3) is 4.05. The molecule has 9 nitrogen and oxygen atoms in total. The molecule has 1 amide bonds. The minimum absolute atomic E-state index is 0.273. The molecule has 5 heterocycles. The molecule has 0 spiro atoms. The number of aliphatic hydroxyl groups is 1. The zero-order chi connectivity index (χ0) is 21.4. The van der Waals surface area contributed by atoms with Crippen LogP contribution in [0.15, 0.2) is 30.5 Å². The van der Waals surface area contributed by atoms with E-state index in [0.29, 0.717) is 35.8 Å². The highest BCUT2D eigenvalue weighted by Crippen LogP contribution is 2.30. The number of nitrogens with one attached hydrogen (secondary N) is 1. The van der Waals surface area contributed by atoms with Crippen LogP contribution in [0.25, 0.3) is 11.0 Å². The van der Waals surface area contributed by atoms with Gasteiger partial charge in [-0.05, 0) is 43.9 Å². The molecule has 2 aliphatic rings. The molecule has 0 saturated carbocycles. The number of hydrogen-bond acceptors (Lipinski definition) is 7. The number of β-amino-alcohol motifs (C(OH)–C–C–N with tert-alkyl or cyclic N) is 1. The number of aliphatic hydroxyl groups excluding tert-OH is 1. The first-order valence-corrected chi connectivity index (χ1v) is 10.9. The summed E-state index contributed by atoms with van der Waals surface area (Å²) in [4.78, 5) is 26.7. The van der Waals surface area contributed by atoms with Crippen LogP contribution in [-0.2, 0) is 7.05 Å². The summed E-state index contributed by atoms with van der Waals surface area (Å²) < 4.78 is 1.73. The van der Waals surface area contributed by atoms with Crippen LogP contribution in [0.2, 0.25) is 0 Å². The van der Waals surface area contributed by atoms with E-state index in [1.54, 1.807) is 10.7 Å². The molecular formula is C22H27N7O2. The van der Waals surface area contributed by atoms with Crippen molar-refractivity contribution in [3.8, 4) is 0 Å². The third-order valence-corrected chi connectivity index (χ3v) is 5.95. The van der Waals surface area contributed by atoms with Crippen LogP contribution >= 0.6 is 0 Å². The number of amides is 1. The summed E-state index contributed by atoms with van der Waals surface area (Å²) in [5.74, 6) is 1.20. The first kappa shape index (κ1) is 19.7. The van der Waals surface area contributed by atoms with Crippen LogP contribution in [-0.4, -0.2) is 63.0 Å². The standard InChI is InChI=1S/C22H27N7O2/c1-27-13-15-12-18(21(25-20(15)26-27)28-9-3-2-4-10-28)24-22(31)17-6-5-7-19(23-17)29-11-8-16(30)14-29/h5-7,12-13,16,30H,2-4,8-11,14H2,1H3,(H,24,31). The van der Waals surface area contributed by atoms with Crippen LogP contribution in [0.3, 0.4) is 0 Å². The van der Waals surface area contributed by atoms with Gasteiger partial charge in [0, 0.05) is 44.8 Å². The normalized spacial score (nSPS) is 19.2. The van der Waals surface area contributed by atoms with Gasteiger partial charge in [-0.1, -0.05) is 6.07 Å². The highest BCUT2D eigenvalue weighted by Gasteiger charge is 2.23. The number of nitrogens with zero attached hydrogens (tertiary/aromatic N) is 6. The van der Waals surface area contributed by atoms with E-state index in [4.69, 9.17) is 4.98 Å². The number of rotatable bonds is 4. The molecule has 2 aliphatic heterocycles. The van der Waals surface area contributed by atoms with Gasteiger partial charge in [0.2, 0.25) is 0 Å². The van der Waals surface area contributed by atoms with Crippen LogP contribution in [0.5, 0.6) is 0 Å². The number of anilines is 3. The maximum Gasteiger partial charge on any atom is 0.274 e. The van der Waals surface area contributed by atoms with Gasteiger partial charge in [-0.2, -0.15) is 5.10 Å². The van der Waals surface area contributed by atoms with Crippen molar-refractivity contribution in [3.05, 3.63) is 36.2 Å². The minimum Gasteiger partial charge on any atom is -0.391 e. The van der Waals surface area contributed by atoms with Gasteiger partial charge in [0.05, 0.1) is 11.8 Å². The van der Waals surface area contributed by atoms with Gasteiger partial charge in [-0.3, -0.25) is 9.48 Å². The van der Waals surface area contributed by atoms with Crippen molar-refractivity contribution in [2.75, 3.05) is 41.3 Å². The first-order chi connectivity index (χ1) is 15.1. The lowest BCUT2D eigenvalue weighted by Crippen LogP contribution is -2.31. The van der Waals surface area contributed by atoms with Crippen molar-refractivity contribution < 1.29 is 9.90 Å². The number of pyridine rings is 2. The monoisotopic (exact) mass is 421 g/mol. The Bertz CT molecular complexity index is 1110. The number of aryl methyl sites for hydroxylation is 1. The van der Waals surface area contributed by atoms with Crippen molar-refractivity contribution in [2.24, 2.45) is 7.05 Å². The Labute approximate surface area is 180 Å². The molecule has 3 aromatic rings. The fourth-order valence-electron chi connectivity index (χ4n) is 4.37. The summed E-state index contributed by atoms with van der Waals surface area (Å²) in [6.45, 7) is 3.11. The van der Waals surface area contributed by atoms with Crippen LogP contribution in [0.1, 0.15) is 36.2 Å². The van der Waals surface area contributed by atoms with Crippen molar-refractivity contribution in [1.29, 1.82) is 0 Å². The smallest absolute Gasteiger partial charge is 0.274 e. The van der Waals surface area contributed by atoms with Crippen molar-refractivity contribution in [3.63, 3.8) is 0 Å². The molecule has 162 valence electrons. The average Bonchev–Trinajstić information content (AvgIpc) is 3.38. The SMILES string of the molecule is Cn1cc2cc(NC(=O)c3cccc(N4CCC(O)C4)n3)c(N3CCCCC3)nc2n1. The molecule has 9 heteroatoms. The predicted molar refractivity (Wildman–Crippen MR) is 120 cm³/mol. The Morgan fingerprint density at radius 2 is 1.97 bits per heavy atom. The lowest BCUT2D eigenvalue weighted by atomic mass is 10.1. The highest BCUT2D eigenvalue weighted by atomic mass is 16.3. The molecule has 1 unspecified atom stereocenters. The zero-order valence-electron chi connectivity index (χ0n) is 17.7. The van der Waals surface area contributed by atoms with Gasteiger partial charge < -0.3 is 20.2 Å². The largest absolute Gasteiger partial charge is 0.391 e. The molecule has 3 aromatic heterocycles. The second kappa shape index (κ2) is 8.14. The lowest BCUT2D eigenvalue weighted by Gasteiger charge is -2.29. The lowest BCUT2D eigenvalue weighted by molar-refractivity contribution is 0.102. The number of aromatic nitrogens is 4. The van der Waals surface area contributed by atoms with E-state index in [2.05, 4.69) is 20.3 Å². The number of piperidine rings is 1. The number of fused-ring (bicyclic) bond motifs is 1. The van der Waals surface area contributed by atoms with Crippen LogP contribution < -0.4 is 15.1 Å². The Morgan fingerprint density at radius 1 is 1.13 bits per heavy atom. The molecule has 31 heavy (non-hydrogen) atoms. The molecule has 0 aromatic carbocycles. The van der Waals surface area contributed by atoms with Crippen molar-refractivity contribution >= 4 is 34.3 Å². The van der Waals surface area contributed by atoms with Crippen LogP contribution in [0.4, 0.5) is 17.3 Å². The summed E-state index contributed by atoms with van der Waals surface area (Å²) in [6.07, 6.45) is 5.71. The number of carbonyl (C=O) groups excluding carboxylic acids is 1. The molecule has 2 fully saturated rings. The predicted octanol–water partition coefficient (Wildman–Crippen LogP) is 2.18. The van der Waals surface area contributed by atoms with E-state index < -0.39 is 0 Å². The van der Waals surface area contributed by atoms with Crippen molar-refractivity contribution in [2.45, 2.75) is 31.8 Å². The molecule has 0 aliphatic carbocycles. The second-order valence-corrected chi connectivity index (χ2v) is 8.35. The number of hydrogen-bond donors (Lipinski definition) is 2. The maximum absolute atomic E-state index is 13.1. The van der Waals surface area contributed by atoms with Gasteiger partial charge in [0.15, 0.2) is 11.5 Å². The average molecular weight is 422 g/mol. The fourth-order valence-corrected chi connectivity index (χ4v) is 4.37. The summed E-state index contributed by atoms with van der Waals surface area (Å²) in [5.41, 5.74) is 1.69. The Hall–Kier alpha value is -3.20. The number of carbonyl (C=O) groups is 1. The zero-order valence-corrected chi connectivity index (χ0v) is 17.7. The molecule has 5 rings (SSSR count). The van der Waals surface area contributed by atoms with Gasteiger partial charge in [-0.25, -0.2) is 9.97 Å². The van der Waals surface area contributed by atoms with E-state index in [1.165, 1.54) is 6.42 Å². The molecule has 2 N–H and O–H groups in total. The second-order valence-electron chi connectivity index (χ2n) is 8.35. The van der Waals surface area contributed by atoms with E-state index in [1.807, 2.05) is 36.3 Å². The van der Waals surface area contributed by atoms with E-state index in [0.717, 1.165) is 43.7 Å². The maximum atomic E-state index is 13.1. The molecule has 1 atom stereocenters. The van der Waals surface area contributed by atoms with Gasteiger partial charge >= 0.3 is 0 Å². The summed E-state index contributed by atoms with van der Waals surface area (Å²) in [6, 6.07) is 7.35. The van der Waals surface area contributed by atoms with Crippen molar-refractivity contribution in [1.82, 2.24) is 19.7 Å². The van der Waals surface area contributed by atoms with Crippen LogP contribution in [0, 0.1) is 0 Å². The topological polar surface area (TPSA) is 99.4 Å². The third-order valence-electron chi connectivity index (χ3n) is 5.95. The molecule has 2 saturated heterocycles. The summed E-state index contributed by atoms with van der Waals surface area (Å²) >= 11 is 0. The fraction of sp³-hybridized carbons (Fsp3) is 0.455. The Balaban J connectivity index is 1.44. The molecular weight excluding hydrogens is 394 g/mol. The highest BCUT2D eigenvalue weighted by molar-refractivity contribution is 6.05. The Kier molecular flexibility index (Phi) is 5.19. The first-order valence-electron chi connectivity index (χ1n) is 10.9. The summed E-state index contributed by atoms with van der Waals surface area (Å²) in [7, 11) is 1.87.